The molecule has 1 N–H and O–H groups in total. The van der Waals surface area contributed by atoms with Crippen LogP contribution in [0.4, 0.5) is 5.69 Å². The van der Waals surface area contributed by atoms with E-state index in [9.17, 15) is 9.59 Å². The number of carbonyl (C=O) groups excluding carboxylic acids is 2. The molecule has 0 unspecified atom stereocenters. The van der Waals surface area contributed by atoms with Crippen LogP contribution in [0, 0.1) is 6.92 Å². The molecule has 0 atom stereocenters. The normalized spacial score (nSPS) is 10.0. The number of nitrogens with one attached hydrogen (secondary N) is 1. The molecule has 0 saturated heterocycles. The molecule has 0 aliphatic rings. The molecular formula is C19H21NO5. The van der Waals surface area contributed by atoms with Crippen molar-refractivity contribution >= 4 is 17.6 Å². The number of amides is 1. The average molecular weight is 343 g/mol. The van der Waals surface area contributed by atoms with Crippen LogP contribution in [0.2, 0.25) is 0 Å². The van der Waals surface area contributed by atoms with E-state index in [0.717, 1.165) is 0 Å². The lowest BCUT2D eigenvalue weighted by Gasteiger charge is -2.12. The van der Waals surface area contributed by atoms with Crippen LogP contribution in [0.3, 0.4) is 0 Å². The fourth-order valence-corrected chi connectivity index (χ4v) is 2.21. The molecule has 0 spiro atoms. The maximum absolute atomic E-state index is 12.1. The van der Waals surface area contributed by atoms with Crippen molar-refractivity contribution in [3.8, 4) is 11.5 Å². The van der Waals surface area contributed by atoms with Gasteiger partial charge in [0.15, 0.2) is 6.61 Å². The first-order valence-corrected chi connectivity index (χ1v) is 7.88. The minimum atomic E-state index is -0.411. The molecule has 0 aromatic heterocycles. The molecule has 0 fully saturated rings. The summed E-state index contributed by atoms with van der Waals surface area (Å²) >= 11 is 0. The van der Waals surface area contributed by atoms with Gasteiger partial charge in [-0.1, -0.05) is 6.07 Å². The van der Waals surface area contributed by atoms with E-state index in [4.69, 9.17) is 14.2 Å². The molecule has 0 heterocycles. The second-order valence-corrected chi connectivity index (χ2v) is 5.21. The monoisotopic (exact) mass is 343 g/mol. The number of hydrogen-bond donors (Lipinski definition) is 1. The average Bonchev–Trinajstić information content (AvgIpc) is 2.62. The van der Waals surface area contributed by atoms with Gasteiger partial charge in [-0.15, -0.1) is 0 Å². The van der Waals surface area contributed by atoms with Crippen molar-refractivity contribution in [1.29, 1.82) is 0 Å². The van der Waals surface area contributed by atoms with Gasteiger partial charge in [-0.3, -0.25) is 4.79 Å². The van der Waals surface area contributed by atoms with E-state index < -0.39 is 5.97 Å². The van der Waals surface area contributed by atoms with E-state index in [-0.39, 0.29) is 12.5 Å². The maximum Gasteiger partial charge on any atom is 0.338 e. The number of carbonyl (C=O) groups is 2. The molecule has 0 aliphatic carbocycles. The number of methoxy groups -OCH3 is 1. The van der Waals surface area contributed by atoms with E-state index in [1.807, 2.05) is 0 Å². The molecule has 0 radical (unpaired) electrons. The van der Waals surface area contributed by atoms with Crippen molar-refractivity contribution in [3.63, 3.8) is 0 Å². The molecule has 0 saturated carbocycles. The zero-order valence-electron chi connectivity index (χ0n) is 14.5. The predicted octanol–water partition coefficient (Wildman–Crippen LogP) is 3.20. The van der Waals surface area contributed by atoms with Crippen LogP contribution in [0.15, 0.2) is 42.5 Å². The van der Waals surface area contributed by atoms with Crippen molar-refractivity contribution in [1.82, 2.24) is 0 Å². The first-order valence-electron chi connectivity index (χ1n) is 7.88. The molecule has 1 amide bonds. The van der Waals surface area contributed by atoms with Crippen LogP contribution in [-0.4, -0.2) is 32.2 Å². The third-order valence-electron chi connectivity index (χ3n) is 3.53. The van der Waals surface area contributed by atoms with Crippen molar-refractivity contribution in [3.05, 3.63) is 53.6 Å². The molecule has 6 nitrogen and oxygen atoms in total. The highest BCUT2D eigenvalue weighted by Crippen LogP contribution is 2.20. The number of rotatable bonds is 7. The van der Waals surface area contributed by atoms with Gasteiger partial charge >= 0.3 is 5.97 Å². The standard InChI is InChI=1S/C19H21NO5/c1-4-24-19(22)16-6-5-7-17(13(16)2)20-18(21)12-25-15-10-8-14(23-3)9-11-15/h5-11H,4,12H2,1-3H3,(H,20,21). The molecule has 0 bridgehead atoms. The van der Waals surface area contributed by atoms with Gasteiger partial charge in [-0.2, -0.15) is 0 Å². The highest BCUT2D eigenvalue weighted by atomic mass is 16.5. The Morgan fingerprint density at radius 3 is 2.36 bits per heavy atom. The van der Waals surface area contributed by atoms with Crippen LogP contribution in [-0.2, 0) is 9.53 Å². The smallest absolute Gasteiger partial charge is 0.338 e. The summed E-state index contributed by atoms with van der Waals surface area (Å²) in [6, 6.07) is 12.0. The molecule has 0 aliphatic heterocycles. The molecular weight excluding hydrogens is 322 g/mol. The number of ether oxygens (including phenoxy) is 3. The van der Waals surface area contributed by atoms with E-state index in [1.165, 1.54) is 0 Å². The second kappa shape index (κ2) is 8.73. The summed E-state index contributed by atoms with van der Waals surface area (Å²) in [6.45, 7) is 3.65. The van der Waals surface area contributed by atoms with Gasteiger partial charge in [-0.05, 0) is 55.8 Å². The van der Waals surface area contributed by atoms with Gasteiger partial charge in [0, 0.05) is 5.69 Å². The molecule has 2 aromatic rings. The third kappa shape index (κ3) is 4.97. The van der Waals surface area contributed by atoms with Crippen molar-refractivity contribution in [2.24, 2.45) is 0 Å². The molecule has 2 rings (SSSR count). The second-order valence-electron chi connectivity index (χ2n) is 5.21. The van der Waals surface area contributed by atoms with Gasteiger partial charge in [0.2, 0.25) is 0 Å². The highest BCUT2D eigenvalue weighted by molar-refractivity contribution is 5.97. The lowest BCUT2D eigenvalue weighted by molar-refractivity contribution is -0.118. The quantitative estimate of drug-likeness (QED) is 0.782. The van der Waals surface area contributed by atoms with Gasteiger partial charge in [0.05, 0.1) is 19.3 Å². The number of hydrogen-bond acceptors (Lipinski definition) is 5. The summed E-state index contributed by atoms with van der Waals surface area (Å²) in [4.78, 5) is 24.0. The van der Waals surface area contributed by atoms with Crippen molar-refractivity contribution in [2.75, 3.05) is 25.6 Å². The van der Waals surface area contributed by atoms with Gasteiger partial charge in [-0.25, -0.2) is 4.79 Å². The van der Waals surface area contributed by atoms with E-state index in [0.29, 0.717) is 34.9 Å². The van der Waals surface area contributed by atoms with Crippen LogP contribution >= 0.6 is 0 Å². The molecule has 2 aromatic carbocycles. The Hall–Kier alpha value is -3.02. The molecule has 132 valence electrons. The largest absolute Gasteiger partial charge is 0.497 e. The van der Waals surface area contributed by atoms with Crippen LogP contribution in [0.25, 0.3) is 0 Å². The summed E-state index contributed by atoms with van der Waals surface area (Å²) in [5.74, 6) is 0.543. The molecule has 25 heavy (non-hydrogen) atoms. The Morgan fingerprint density at radius 2 is 1.72 bits per heavy atom. The Labute approximate surface area is 146 Å². The zero-order chi connectivity index (χ0) is 18.2. The summed E-state index contributed by atoms with van der Waals surface area (Å²) in [7, 11) is 1.58. The number of esters is 1. The van der Waals surface area contributed by atoms with E-state index in [1.54, 1.807) is 63.4 Å². The number of anilines is 1. The SMILES string of the molecule is CCOC(=O)c1cccc(NC(=O)COc2ccc(OC)cc2)c1C. The number of benzene rings is 2. The van der Waals surface area contributed by atoms with E-state index in [2.05, 4.69) is 5.32 Å². The maximum atomic E-state index is 12.1. The Balaban J connectivity index is 1.97. The Kier molecular flexibility index (Phi) is 6.39. The fourth-order valence-electron chi connectivity index (χ4n) is 2.21. The Bertz CT molecular complexity index is 740. The Morgan fingerprint density at radius 1 is 1.04 bits per heavy atom. The van der Waals surface area contributed by atoms with Crippen LogP contribution in [0.1, 0.15) is 22.8 Å². The van der Waals surface area contributed by atoms with Crippen molar-refractivity contribution < 1.29 is 23.8 Å². The lowest BCUT2D eigenvalue weighted by Crippen LogP contribution is -2.21. The minimum Gasteiger partial charge on any atom is -0.497 e. The van der Waals surface area contributed by atoms with Gasteiger partial charge in [0.25, 0.3) is 5.91 Å². The highest BCUT2D eigenvalue weighted by Gasteiger charge is 2.14. The summed E-state index contributed by atoms with van der Waals surface area (Å²) < 4.78 is 15.5. The summed E-state index contributed by atoms with van der Waals surface area (Å²) in [5.41, 5.74) is 1.63. The first kappa shape index (κ1) is 18.3. The van der Waals surface area contributed by atoms with Crippen LogP contribution < -0.4 is 14.8 Å². The lowest BCUT2D eigenvalue weighted by atomic mass is 10.1. The minimum absolute atomic E-state index is 0.143. The molecule has 6 heteroatoms. The van der Waals surface area contributed by atoms with Gasteiger partial charge in [0.1, 0.15) is 11.5 Å². The summed E-state index contributed by atoms with van der Waals surface area (Å²) in [6.07, 6.45) is 0. The predicted molar refractivity (Wildman–Crippen MR) is 94.3 cm³/mol. The first-order chi connectivity index (χ1) is 12.0. The topological polar surface area (TPSA) is 73.9 Å². The fraction of sp³-hybridized carbons (Fsp3) is 0.263. The third-order valence-corrected chi connectivity index (χ3v) is 3.53. The van der Waals surface area contributed by atoms with Crippen molar-refractivity contribution in [2.45, 2.75) is 13.8 Å². The van der Waals surface area contributed by atoms with E-state index >= 15 is 0 Å². The zero-order valence-corrected chi connectivity index (χ0v) is 14.5. The summed E-state index contributed by atoms with van der Waals surface area (Å²) in [5, 5.41) is 2.74. The van der Waals surface area contributed by atoms with Crippen LogP contribution in [0.5, 0.6) is 11.5 Å². The van der Waals surface area contributed by atoms with Gasteiger partial charge < -0.3 is 19.5 Å².